The topological polar surface area (TPSA) is 41.1 Å². The summed E-state index contributed by atoms with van der Waals surface area (Å²) in [6.07, 6.45) is 0. The van der Waals surface area contributed by atoms with Crippen LogP contribution in [-0.2, 0) is 4.79 Å². The Labute approximate surface area is 97.4 Å². The van der Waals surface area contributed by atoms with E-state index >= 15 is 0 Å². The lowest BCUT2D eigenvalue weighted by Crippen LogP contribution is -2.27. The molecule has 0 fully saturated rings. The highest BCUT2D eigenvalue weighted by atomic mass is 127. The van der Waals surface area contributed by atoms with Gasteiger partial charge in [0.1, 0.15) is 0 Å². The normalized spacial score (nSPS) is 9.86. The SMILES string of the molecule is CCNCC(=O)Nc1ccc(I)cc1. The van der Waals surface area contributed by atoms with Crippen molar-refractivity contribution >= 4 is 34.2 Å². The van der Waals surface area contributed by atoms with Crippen LogP contribution in [-0.4, -0.2) is 19.0 Å². The summed E-state index contributed by atoms with van der Waals surface area (Å²) in [4.78, 5) is 11.3. The molecule has 1 amide bonds. The molecule has 3 nitrogen and oxygen atoms in total. The molecular formula is C10H13IN2O. The van der Waals surface area contributed by atoms with E-state index in [9.17, 15) is 4.79 Å². The van der Waals surface area contributed by atoms with Gasteiger partial charge >= 0.3 is 0 Å². The Bertz CT molecular complexity index is 297. The van der Waals surface area contributed by atoms with E-state index in [1.54, 1.807) is 0 Å². The van der Waals surface area contributed by atoms with Crippen molar-refractivity contribution in [1.82, 2.24) is 5.32 Å². The zero-order valence-electron chi connectivity index (χ0n) is 8.01. The minimum atomic E-state index is -0.00643. The molecule has 0 saturated carbocycles. The molecule has 0 aromatic heterocycles. The van der Waals surface area contributed by atoms with Gasteiger partial charge in [0.2, 0.25) is 5.91 Å². The fraction of sp³-hybridized carbons (Fsp3) is 0.300. The van der Waals surface area contributed by atoms with Gasteiger partial charge in [0.05, 0.1) is 6.54 Å². The summed E-state index contributed by atoms with van der Waals surface area (Å²) < 4.78 is 1.16. The van der Waals surface area contributed by atoms with E-state index < -0.39 is 0 Å². The first-order valence-electron chi connectivity index (χ1n) is 4.48. The summed E-state index contributed by atoms with van der Waals surface area (Å²) in [7, 11) is 0. The molecule has 0 bridgehead atoms. The third kappa shape index (κ3) is 4.06. The molecule has 0 aliphatic heterocycles. The maximum Gasteiger partial charge on any atom is 0.238 e. The van der Waals surface area contributed by atoms with Gasteiger partial charge in [-0.1, -0.05) is 6.92 Å². The minimum absolute atomic E-state index is 0.00643. The smallest absolute Gasteiger partial charge is 0.238 e. The second-order valence-corrected chi connectivity index (χ2v) is 4.08. The Morgan fingerprint density at radius 3 is 2.57 bits per heavy atom. The zero-order valence-corrected chi connectivity index (χ0v) is 10.2. The predicted octanol–water partition coefficient (Wildman–Crippen LogP) is 1.84. The second-order valence-electron chi connectivity index (χ2n) is 2.84. The molecule has 2 N–H and O–H groups in total. The molecule has 1 rings (SSSR count). The predicted molar refractivity (Wildman–Crippen MR) is 66.3 cm³/mol. The van der Waals surface area contributed by atoms with Crippen molar-refractivity contribution in [2.75, 3.05) is 18.4 Å². The molecule has 1 aromatic carbocycles. The first kappa shape index (κ1) is 11.5. The van der Waals surface area contributed by atoms with Crippen LogP contribution in [0.5, 0.6) is 0 Å². The monoisotopic (exact) mass is 304 g/mol. The highest BCUT2D eigenvalue weighted by Crippen LogP contribution is 2.10. The maximum atomic E-state index is 11.3. The molecule has 0 spiro atoms. The highest BCUT2D eigenvalue weighted by molar-refractivity contribution is 14.1. The van der Waals surface area contributed by atoms with Gasteiger partial charge in [-0.3, -0.25) is 4.79 Å². The molecule has 76 valence electrons. The van der Waals surface area contributed by atoms with Crippen LogP contribution < -0.4 is 10.6 Å². The Morgan fingerprint density at radius 2 is 2.00 bits per heavy atom. The van der Waals surface area contributed by atoms with Gasteiger partial charge in [0.25, 0.3) is 0 Å². The summed E-state index contributed by atoms with van der Waals surface area (Å²) in [6.45, 7) is 3.14. The van der Waals surface area contributed by atoms with Crippen LogP contribution in [0.2, 0.25) is 0 Å². The molecule has 0 aliphatic rings. The van der Waals surface area contributed by atoms with Gasteiger partial charge in [-0.2, -0.15) is 0 Å². The fourth-order valence-corrected chi connectivity index (χ4v) is 1.34. The Hall–Kier alpha value is -0.620. The highest BCUT2D eigenvalue weighted by Gasteiger charge is 1.99. The molecule has 0 atom stereocenters. The van der Waals surface area contributed by atoms with Crippen LogP contribution in [0.25, 0.3) is 0 Å². The molecule has 0 radical (unpaired) electrons. The Kier molecular flexibility index (Phi) is 4.89. The number of anilines is 1. The summed E-state index contributed by atoms with van der Waals surface area (Å²) in [6, 6.07) is 7.71. The lowest BCUT2D eigenvalue weighted by molar-refractivity contribution is -0.115. The van der Waals surface area contributed by atoms with Crippen LogP contribution in [0.15, 0.2) is 24.3 Å². The van der Waals surface area contributed by atoms with Gasteiger partial charge in [0.15, 0.2) is 0 Å². The van der Waals surface area contributed by atoms with Gasteiger partial charge < -0.3 is 10.6 Å². The number of carbonyl (C=O) groups excluding carboxylic acids is 1. The number of hydrogen-bond acceptors (Lipinski definition) is 2. The third-order valence-corrected chi connectivity index (χ3v) is 2.38. The quantitative estimate of drug-likeness (QED) is 0.834. The minimum Gasteiger partial charge on any atom is -0.325 e. The van der Waals surface area contributed by atoms with Gasteiger partial charge in [-0.05, 0) is 53.4 Å². The number of carbonyl (C=O) groups is 1. The number of nitrogens with one attached hydrogen (secondary N) is 2. The molecule has 1 aromatic rings. The van der Waals surface area contributed by atoms with E-state index in [2.05, 4.69) is 33.2 Å². The number of likely N-dealkylation sites (N-methyl/N-ethyl adjacent to an activating group) is 1. The third-order valence-electron chi connectivity index (χ3n) is 1.66. The van der Waals surface area contributed by atoms with E-state index in [1.807, 2.05) is 31.2 Å². The van der Waals surface area contributed by atoms with Crippen molar-refractivity contribution in [1.29, 1.82) is 0 Å². The average molecular weight is 304 g/mol. The van der Waals surface area contributed by atoms with Crippen molar-refractivity contribution in [3.05, 3.63) is 27.8 Å². The van der Waals surface area contributed by atoms with Crippen LogP contribution in [0.3, 0.4) is 0 Å². The lowest BCUT2D eigenvalue weighted by atomic mass is 10.3. The fourth-order valence-electron chi connectivity index (χ4n) is 0.977. The summed E-state index contributed by atoms with van der Waals surface area (Å²) in [5, 5.41) is 5.77. The molecule has 0 heterocycles. The molecule has 0 aliphatic carbocycles. The van der Waals surface area contributed by atoms with Gasteiger partial charge in [-0.25, -0.2) is 0 Å². The van der Waals surface area contributed by atoms with Crippen LogP contribution in [0, 0.1) is 3.57 Å². The average Bonchev–Trinajstić information content (AvgIpc) is 2.18. The van der Waals surface area contributed by atoms with Crippen LogP contribution in [0.1, 0.15) is 6.92 Å². The van der Waals surface area contributed by atoms with E-state index in [0.717, 1.165) is 15.8 Å². The molecule has 14 heavy (non-hydrogen) atoms. The van der Waals surface area contributed by atoms with Crippen molar-refractivity contribution in [3.8, 4) is 0 Å². The van der Waals surface area contributed by atoms with Crippen LogP contribution >= 0.6 is 22.6 Å². The summed E-state index contributed by atoms with van der Waals surface area (Å²) in [5.41, 5.74) is 0.841. The molecule has 4 heteroatoms. The molecular weight excluding hydrogens is 291 g/mol. The van der Waals surface area contributed by atoms with E-state index in [4.69, 9.17) is 0 Å². The largest absolute Gasteiger partial charge is 0.325 e. The van der Waals surface area contributed by atoms with E-state index in [1.165, 1.54) is 0 Å². The molecule has 0 saturated heterocycles. The lowest BCUT2D eigenvalue weighted by Gasteiger charge is -2.05. The summed E-state index contributed by atoms with van der Waals surface area (Å²) in [5.74, 6) is -0.00643. The number of halogens is 1. The van der Waals surface area contributed by atoms with E-state index in [-0.39, 0.29) is 5.91 Å². The Balaban J connectivity index is 2.44. The number of amides is 1. The van der Waals surface area contributed by atoms with Gasteiger partial charge in [0, 0.05) is 9.26 Å². The number of benzene rings is 1. The maximum absolute atomic E-state index is 11.3. The molecule has 0 unspecified atom stereocenters. The van der Waals surface area contributed by atoms with Crippen molar-refractivity contribution in [2.45, 2.75) is 6.92 Å². The first-order chi connectivity index (χ1) is 6.72. The number of hydrogen-bond donors (Lipinski definition) is 2. The summed E-state index contributed by atoms with van der Waals surface area (Å²) >= 11 is 2.23. The second kappa shape index (κ2) is 5.98. The van der Waals surface area contributed by atoms with Crippen molar-refractivity contribution in [3.63, 3.8) is 0 Å². The standard InChI is InChI=1S/C10H13IN2O/c1-2-12-7-10(14)13-9-5-3-8(11)4-6-9/h3-6,12H,2,7H2,1H3,(H,13,14). The number of rotatable bonds is 4. The van der Waals surface area contributed by atoms with Crippen LogP contribution in [0.4, 0.5) is 5.69 Å². The first-order valence-corrected chi connectivity index (χ1v) is 5.56. The Morgan fingerprint density at radius 1 is 1.36 bits per heavy atom. The van der Waals surface area contributed by atoms with Gasteiger partial charge in [-0.15, -0.1) is 0 Å². The van der Waals surface area contributed by atoms with Crippen molar-refractivity contribution in [2.24, 2.45) is 0 Å². The zero-order chi connectivity index (χ0) is 10.4. The van der Waals surface area contributed by atoms with E-state index in [0.29, 0.717) is 6.54 Å². The van der Waals surface area contributed by atoms with Crippen molar-refractivity contribution < 1.29 is 4.79 Å².